The zero-order valence-corrected chi connectivity index (χ0v) is 14.9. The van der Waals surface area contributed by atoms with E-state index >= 15 is 0 Å². The number of nitrogens with zero attached hydrogens (tertiary/aromatic N) is 1. The minimum atomic E-state index is -0.591. The zero-order valence-electron chi connectivity index (χ0n) is 14.9. The number of hydrogen-bond acceptors (Lipinski definition) is 5. The summed E-state index contributed by atoms with van der Waals surface area (Å²) in [7, 11) is 1.65. The van der Waals surface area contributed by atoms with Gasteiger partial charge in [-0.1, -0.05) is 0 Å². The number of ketones is 1. The quantitative estimate of drug-likeness (QED) is 0.417. The van der Waals surface area contributed by atoms with Gasteiger partial charge in [-0.05, 0) is 45.0 Å². The Hall–Kier alpha value is -2.60. The molecule has 134 valence electrons. The number of rotatable bonds is 8. The minimum Gasteiger partial charge on any atom is -0.465 e. The summed E-state index contributed by atoms with van der Waals surface area (Å²) in [6.45, 7) is 6.09. The second-order valence-electron chi connectivity index (χ2n) is 5.84. The fraction of sp³-hybridized carbons (Fsp3) is 0.368. The first-order valence-electron chi connectivity index (χ1n) is 8.03. The van der Waals surface area contributed by atoms with Gasteiger partial charge < -0.3 is 18.5 Å². The van der Waals surface area contributed by atoms with E-state index in [4.69, 9.17) is 13.9 Å². The fourth-order valence-electron chi connectivity index (χ4n) is 2.85. The number of ether oxygens (including phenoxy) is 2. The summed E-state index contributed by atoms with van der Waals surface area (Å²) < 4.78 is 17.3. The molecule has 1 atom stereocenters. The van der Waals surface area contributed by atoms with Crippen LogP contribution in [0.25, 0.3) is 6.08 Å². The lowest BCUT2D eigenvalue weighted by Gasteiger charge is -2.17. The van der Waals surface area contributed by atoms with Crippen LogP contribution in [-0.4, -0.2) is 36.6 Å². The largest absolute Gasteiger partial charge is 0.465 e. The third kappa shape index (κ3) is 4.70. The first-order valence-corrected chi connectivity index (χ1v) is 8.03. The van der Waals surface area contributed by atoms with Crippen molar-refractivity contribution >= 4 is 17.8 Å². The SMILES string of the molecule is COCC(C)n1c(C)cc(C(=O)COC(=O)/C=C/c2ccco2)c1C. The Bertz CT molecular complexity index is 755. The highest BCUT2D eigenvalue weighted by atomic mass is 16.5. The minimum absolute atomic E-state index is 0.116. The van der Waals surface area contributed by atoms with Crippen LogP contribution < -0.4 is 0 Å². The van der Waals surface area contributed by atoms with Gasteiger partial charge in [0.2, 0.25) is 5.78 Å². The molecule has 2 aromatic heterocycles. The van der Waals surface area contributed by atoms with Crippen LogP contribution in [0.4, 0.5) is 0 Å². The molecule has 2 rings (SSSR count). The first-order chi connectivity index (χ1) is 11.9. The van der Waals surface area contributed by atoms with E-state index in [1.807, 2.05) is 26.8 Å². The summed E-state index contributed by atoms with van der Waals surface area (Å²) in [5.74, 6) is -0.283. The number of esters is 1. The number of Topliss-reactive ketones (excluding diaryl/α,β-unsaturated/α-hetero) is 1. The van der Waals surface area contributed by atoms with Crippen molar-refractivity contribution in [3.05, 3.63) is 53.2 Å². The Morgan fingerprint density at radius 1 is 1.36 bits per heavy atom. The molecule has 0 fully saturated rings. The molecule has 0 aliphatic carbocycles. The Labute approximate surface area is 147 Å². The lowest BCUT2D eigenvalue weighted by atomic mass is 10.1. The summed E-state index contributed by atoms with van der Waals surface area (Å²) >= 11 is 0. The molecular weight excluding hydrogens is 322 g/mol. The summed E-state index contributed by atoms with van der Waals surface area (Å²) in [6, 6.07) is 5.36. The van der Waals surface area contributed by atoms with Gasteiger partial charge in [-0.2, -0.15) is 0 Å². The Kier molecular flexibility index (Phi) is 6.36. The first kappa shape index (κ1) is 18.7. The van der Waals surface area contributed by atoms with Crippen molar-refractivity contribution < 1.29 is 23.5 Å². The molecule has 2 heterocycles. The van der Waals surface area contributed by atoms with Crippen LogP contribution in [0.1, 0.15) is 40.5 Å². The van der Waals surface area contributed by atoms with E-state index in [1.54, 1.807) is 19.2 Å². The monoisotopic (exact) mass is 345 g/mol. The topological polar surface area (TPSA) is 70.7 Å². The molecule has 0 aromatic carbocycles. The maximum atomic E-state index is 12.4. The van der Waals surface area contributed by atoms with Gasteiger partial charge in [-0.3, -0.25) is 4.79 Å². The lowest BCUT2D eigenvalue weighted by Crippen LogP contribution is -2.16. The van der Waals surface area contributed by atoms with E-state index in [0.29, 0.717) is 17.9 Å². The van der Waals surface area contributed by atoms with Gasteiger partial charge in [0.25, 0.3) is 0 Å². The average Bonchev–Trinajstić information content (AvgIpc) is 3.18. The van der Waals surface area contributed by atoms with E-state index in [2.05, 4.69) is 4.57 Å². The van der Waals surface area contributed by atoms with Crippen LogP contribution in [0.15, 0.2) is 35.0 Å². The molecular formula is C19H23NO5. The Morgan fingerprint density at radius 3 is 2.76 bits per heavy atom. The number of carbonyl (C=O) groups is 2. The summed E-state index contributed by atoms with van der Waals surface area (Å²) in [5, 5.41) is 0. The number of carbonyl (C=O) groups excluding carboxylic acids is 2. The summed E-state index contributed by atoms with van der Waals surface area (Å²) in [4.78, 5) is 24.1. The van der Waals surface area contributed by atoms with Crippen molar-refractivity contribution in [2.75, 3.05) is 20.3 Å². The Morgan fingerprint density at radius 2 is 2.12 bits per heavy atom. The van der Waals surface area contributed by atoms with Crippen molar-refractivity contribution in [1.29, 1.82) is 0 Å². The van der Waals surface area contributed by atoms with Gasteiger partial charge in [-0.25, -0.2) is 4.79 Å². The number of aromatic nitrogens is 1. The molecule has 0 radical (unpaired) electrons. The highest BCUT2D eigenvalue weighted by molar-refractivity contribution is 6.00. The lowest BCUT2D eigenvalue weighted by molar-refractivity contribution is -0.136. The van der Waals surface area contributed by atoms with Crippen LogP contribution in [0.3, 0.4) is 0 Å². The van der Waals surface area contributed by atoms with Crippen LogP contribution in [0.2, 0.25) is 0 Å². The second kappa shape index (κ2) is 8.48. The predicted octanol–water partition coefficient (Wildman–Crippen LogP) is 3.34. The summed E-state index contributed by atoms with van der Waals surface area (Å²) in [5.41, 5.74) is 2.37. The van der Waals surface area contributed by atoms with Gasteiger partial charge in [0.1, 0.15) is 5.76 Å². The van der Waals surface area contributed by atoms with E-state index in [-0.39, 0.29) is 18.4 Å². The molecule has 0 saturated carbocycles. The number of aryl methyl sites for hydroxylation is 1. The normalized spacial score (nSPS) is 12.5. The number of furan rings is 1. The van der Waals surface area contributed by atoms with Crippen LogP contribution in [-0.2, 0) is 14.3 Å². The van der Waals surface area contributed by atoms with Crippen molar-refractivity contribution in [2.24, 2.45) is 0 Å². The fourth-order valence-corrected chi connectivity index (χ4v) is 2.85. The third-order valence-electron chi connectivity index (χ3n) is 3.91. The van der Waals surface area contributed by atoms with Crippen LogP contribution >= 0.6 is 0 Å². The molecule has 0 amide bonds. The molecule has 1 unspecified atom stereocenters. The smallest absolute Gasteiger partial charge is 0.331 e. The highest BCUT2D eigenvalue weighted by Gasteiger charge is 2.19. The average molecular weight is 345 g/mol. The molecule has 0 N–H and O–H groups in total. The molecule has 0 aliphatic heterocycles. The van der Waals surface area contributed by atoms with Gasteiger partial charge >= 0.3 is 5.97 Å². The van der Waals surface area contributed by atoms with E-state index < -0.39 is 5.97 Å². The van der Waals surface area contributed by atoms with Crippen molar-refractivity contribution in [2.45, 2.75) is 26.8 Å². The van der Waals surface area contributed by atoms with Crippen molar-refractivity contribution in [1.82, 2.24) is 4.57 Å². The molecule has 0 spiro atoms. The van der Waals surface area contributed by atoms with Gasteiger partial charge in [0.05, 0.1) is 18.9 Å². The maximum Gasteiger partial charge on any atom is 0.331 e. The second-order valence-corrected chi connectivity index (χ2v) is 5.84. The molecule has 2 aromatic rings. The molecule has 0 aliphatic rings. The molecule has 0 bridgehead atoms. The van der Waals surface area contributed by atoms with E-state index in [9.17, 15) is 9.59 Å². The van der Waals surface area contributed by atoms with Crippen LogP contribution in [0, 0.1) is 13.8 Å². The van der Waals surface area contributed by atoms with Crippen molar-refractivity contribution in [3.8, 4) is 0 Å². The molecule has 25 heavy (non-hydrogen) atoms. The van der Waals surface area contributed by atoms with E-state index in [0.717, 1.165) is 11.4 Å². The van der Waals surface area contributed by atoms with Gasteiger partial charge in [-0.15, -0.1) is 0 Å². The molecule has 6 heteroatoms. The molecule has 6 nitrogen and oxygen atoms in total. The van der Waals surface area contributed by atoms with E-state index in [1.165, 1.54) is 18.4 Å². The molecule has 0 saturated heterocycles. The third-order valence-corrected chi connectivity index (χ3v) is 3.91. The Balaban J connectivity index is 1.99. The number of methoxy groups -OCH3 is 1. The number of hydrogen-bond donors (Lipinski definition) is 0. The zero-order chi connectivity index (χ0) is 18.4. The van der Waals surface area contributed by atoms with Gasteiger partial charge in [0, 0.05) is 30.1 Å². The van der Waals surface area contributed by atoms with Gasteiger partial charge in [0.15, 0.2) is 6.61 Å². The summed E-state index contributed by atoms with van der Waals surface area (Å²) in [6.07, 6.45) is 4.23. The predicted molar refractivity (Wildman–Crippen MR) is 93.5 cm³/mol. The van der Waals surface area contributed by atoms with Crippen LogP contribution in [0.5, 0.6) is 0 Å². The maximum absolute atomic E-state index is 12.4. The highest BCUT2D eigenvalue weighted by Crippen LogP contribution is 2.21. The van der Waals surface area contributed by atoms with Crippen molar-refractivity contribution in [3.63, 3.8) is 0 Å². The standard InChI is InChI=1S/C19H23NO5/c1-13-10-17(15(3)20(13)14(2)11-23-4)18(21)12-25-19(22)8-7-16-6-5-9-24-16/h5-10,14H,11-12H2,1-4H3/b8-7+.